The third kappa shape index (κ3) is 6.05. The minimum Gasteiger partial charge on any atom is -0.455 e. The van der Waals surface area contributed by atoms with Crippen molar-refractivity contribution >= 4 is 93.5 Å². The van der Waals surface area contributed by atoms with Crippen LogP contribution in [-0.2, 0) is 0 Å². The number of para-hydroxylation sites is 3. The van der Waals surface area contributed by atoms with E-state index in [0.29, 0.717) is 0 Å². The molecule has 12 rings (SSSR count). The molecule has 0 amide bonds. The van der Waals surface area contributed by atoms with Crippen molar-refractivity contribution in [1.82, 2.24) is 4.57 Å². The zero-order valence-electron chi connectivity index (χ0n) is 34.4. The number of aromatic nitrogens is 1. The molecule has 0 aliphatic rings. The number of rotatable bonds is 8. The largest absolute Gasteiger partial charge is 0.455 e. The second-order valence-corrected chi connectivity index (χ2v) is 16.1. The number of nitrogens with zero attached hydrogens (tertiary/aromatic N) is 2. The third-order valence-electron chi connectivity index (χ3n) is 12.6. The SMILES string of the molecule is C=C/C(=C\C=C\c1cccc2c1ccc1ccccc12)N(c1cccc(-n2c3ccccc3c3ccccc32)c1)c1ccccc1-c1ccc2oc3c4ccccc4ccc3c2c1. The first-order chi connectivity index (χ1) is 31.2. The van der Waals surface area contributed by atoms with E-state index in [-0.39, 0.29) is 0 Å². The van der Waals surface area contributed by atoms with Gasteiger partial charge in [-0.05, 0) is 105 Å². The van der Waals surface area contributed by atoms with E-state index in [0.717, 1.165) is 66.8 Å². The smallest absolute Gasteiger partial charge is 0.143 e. The average molecular weight is 805 g/mol. The number of hydrogen-bond donors (Lipinski definition) is 0. The molecule has 0 unspecified atom stereocenters. The molecule has 2 aromatic heterocycles. The number of furan rings is 1. The van der Waals surface area contributed by atoms with Crippen LogP contribution in [0.3, 0.4) is 0 Å². The van der Waals surface area contributed by atoms with Gasteiger partial charge in [-0.3, -0.25) is 0 Å². The minimum atomic E-state index is 0.872. The molecule has 0 saturated heterocycles. The fraction of sp³-hybridized carbons (Fsp3) is 0. The van der Waals surface area contributed by atoms with E-state index >= 15 is 0 Å². The van der Waals surface area contributed by atoms with Crippen LogP contribution in [0.15, 0.2) is 241 Å². The standard InChI is InChI=1S/C60H40N2O/c1-2-44(20-13-18-40-19-14-28-51-47-23-5-3-16-41(47)32-35-48(40)51)61(45-21-15-22-46(39-45)62-57-30-11-8-26-52(57)53-27-9-12-31-58(53)62)56-29-10-7-24-49(56)43-34-37-59-55(38-43)54-36-33-42-17-4-6-25-50(42)60(54)63-59/h2-39H,1H2/b18-13+,44-20+. The molecule has 0 radical (unpaired) electrons. The van der Waals surface area contributed by atoms with Gasteiger partial charge in [-0.1, -0.05) is 170 Å². The number of benzene rings is 10. The Hall–Kier alpha value is -8.40. The van der Waals surface area contributed by atoms with Gasteiger partial charge >= 0.3 is 0 Å². The fourth-order valence-electron chi connectivity index (χ4n) is 9.68. The average Bonchev–Trinajstić information content (AvgIpc) is 3.90. The highest BCUT2D eigenvalue weighted by atomic mass is 16.3. The van der Waals surface area contributed by atoms with E-state index in [1.165, 1.54) is 48.7 Å². The minimum absolute atomic E-state index is 0.872. The lowest BCUT2D eigenvalue weighted by Gasteiger charge is -2.29. The first kappa shape index (κ1) is 36.5. The van der Waals surface area contributed by atoms with Gasteiger partial charge in [-0.2, -0.15) is 0 Å². The molecular weight excluding hydrogens is 765 g/mol. The normalized spacial score (nSPS) is 12.2. The molecule has 0 N–H and O–H groups in total. The molecule has 3 heteroatoms. The van der Waals surface area contributed by atoms with Crippen molar-refractivity contribution in [3.8, 4) is 16.8 Å². The Bertz CT molecular complexity index is 3790. The number of hydrogen-bond acceptors (Lipinski definition) is 2. The van der Waals surface area contributed by atoms with Crippen LogP contribution in [0.2, 0.25) is 0 Å². The van der Waals surface area contributed by atoms with E-state index in [4.69, 9.17) is 4.42 Å². The summed E-state index contributed by atoms with van der Waals surface area (Å²) in [5.74, 6) is 0. The van der Waals surface area contributed by atoms with Gasteiger partial charge in [0.15, 0.2) is 0 Å². The lowest BCUT2D eigenvalue weighted by molar-refractivity contribution is 0.672. The van der Waals surface area contributed by atoms with Crippen LogP contribution < -0.4 is 4.90 Å². The predicted octanol–water partition coefficient (Wildman–Crippen LogP) is 16.7. The topological polar surface area (TPSA) is 21.3 Å². The first-order valence-corrected chi connectivity index (χ1v) is 21.5. The van der Waals surface area contributed by atoms with Crippen LogP contribution in [0.1, 0.15) is 5.56 Å². The monoisotopic (exact) mass is 804 g/mol. The van der Waals surface area contributed by atoms with Crippen molar-refractivity contribution in [3.05, 3.63) is 242 Å². The number of allylic oxidation sites excluding steroid dienone is 3. The third-order valence-corrected chi connectivity index (χ3v) is 12.6. The Morgan fingerprint density at radius 1 is 0.492 bits per heavy atom. The summed E-state index contributed by atoms with van der Waals surface area (Å²) in [5.41, 5.74) is 11.5. The van der Waals surface area contributed by atoms with Gasteiger partial charge < -0.3 is 13.9 Å². The molecule has 12 aromatic rings. The summed E-state index contributed by atoms with van der Waals surface area (Å²) in [7, 11) is 0. The van der Waals surface area contributed by atoms with Crippen molar-refractivity contribution in [3.63, 3.8) is 0 Å². The molecule has 2 heterocycles. The number of anilines is 2. The Morgan fingerprint density at radius 2 is 1.14 bits per heavy atom. The summed E-state index contributed by atoms with van der Waals surface area (Å²) in [4.78, 5) is 2.34. The second kappa shape index (κ2) is 14.9. The van der Waals surface area contributed by atoms with Crippen molar-refractivity contribution < 1.29 is 4.42 Å². The van der Waals surface area contributed by atoms with Gasteiger partial charge in [-0.15, -0.1) is 0 Å². The van der Waals surface area contributed by atoms with Crippen LogP contribution in [0.25, 0.3) is 99.0 Å². The van der Waals surface area contributed by atoms with Crippen molar-refractivity contribution in [2.24, 2.45) is 0 Å². The highest BCUT2D eigenvalue weighted by Gasteiger charge is 2.20. The first-order valence-electron chi connectivity index (χ1n) is 21.5. The van der Waals surface area contributed by atoms with E-state index in [1.54, 1.807) is 0 Å². The second-order valence-electron chi connectivity index (χ2n) is 16.1. The molecule has 0 aliphatic heterocycles. The van der Waals surface area contributed by atoms with Crippen LogP contribution in [0, 0.1) is 0 Å². The van der Waals surface area contributed by atoms with Crippen LogP contribution >= 0.6 is 0 Å². The maximum Gasteiger partial charge on any atom is 0.143 e. The predicted molar refractivity (Wildman–Crippen MR) is 268 cm³/mol. The van der Waals surface area contributed by atoms with Gasteiger partial charge in [0.2, 0.25) is 0 Å². The van der Waals surface area contributed by atoms with Crippen LogP contribution in [0.4, 0.5) is 11.4 Å². The highest BCUT2D eigenvalue weighted by molar-refractivity contribution is 6.16. The summed E-state index contributed by atoms with van der Waals surface area (Å²) in [6.07, 6.45) is 8.50. The molecule has 0 spiro atoms. The maximum absolute atomic E-state index is 6.55. The van der Waals surface area contributed by atoms with E-state index < -0.39 is 0 Å². The van der Waals surface area contributed by atoms with Gasteiger partial charge in [0.05, 0.1) is 16.7 Å². The molecule has 0 fully saturated rings. The van der Waals surface area contributed by atoms with Crippen LogP contribution in [0.5, 0.6) is 0 Å². The molecule has 296 valence electrons. The van der Waals surface area contributed by atoms with E-state index in [2.05, 4.69) is 241 Å². The molecule has 0 bridgehead atoms. The van der Waals surface area contributed by atoms with Gasteiger partial charge in [0.25, 0.3) is 0 Å². The van der Waals surface area contributed by atoms with E-state index in [9.17, 15) is 0 Å². The zero-order valence-corrected chi connectivity index (χ0v) is 34.4. The summed E-state index contributed by atoms with van der Waals surface area (Å²) in [6, 6.07) is 73.9. The maximum atomic E-state index is 6.55. The van der Waals surface area contributed by atoms with Crippen LogP contribution in [-0.4, -0.2) is 4.57 Å². The molecule has 0 aliphatic carbocycles. The lowest BCUT2D eigenvalue weighted by Crippen LogP contribution is -2.16. The Kier molecular flexibility index (Phi) is 8.65. The Balaban J connectivity index is 1.04. The van der Waals surface area contributed by atoms with Gasteiger partial charge in [0.1, 0.15) is 11.2 Å². The molecular formula is C60H40N2O. The van der Waals surface area contributed by atoms with E-state index in [1.807, 2.05) is 6.08 Å². The molecule has 10 aromatic carbocycles. The lowest BCUT2D eigenvalue weighted by atomic mass is 9.98. The molecule has 63 heavy (non-hydrogen) atoms. The molecule has 0 atom stereocenters. The van der Waals surface area contributed by atoms with Gasteiger partial charge in [0, 0.05) is 49.6 Å². The zero-order chi connectivity index (χ0) is 41.9. The highest BCUT2D eigenvalue weighted by Crippen LogP contribution is 2.43. The van der Waals surface area contributed by atoms with Crippen molar-refractivity contribution in [2.75, 3.05) is 4.90 Å². The fourth-order valence-corrected chi connectivity index (χ4v) is 9.68. The summed E-state index contributed by atoms with van der Waals surface area (Å²) in [5, 5.41) is 11.9. The quantitative estimate of drug-likeness (QED) is 0.113. The number of fused-ring (bicyclic) bond motifs is 11. The summed E-state index contributed by atoms with van der Waals surface area (Å²) >= 11 is 0. The molecule has 0 saturated carbocycles. The van der Waals surface area contributed by atoms with Crippen molar-refractivity contribution in [1.29, 1.82) is 0 Å². The Labute approximate surface area is 365 Å². The summed E-state index contributed by atoms with van der Waals surface area (Å²) < 4.78 is 8.93. The molecule has 3 nitrogen and oxygen atoms in total. The van der Waals surface area contributed by atoms with Gasteiger partial charge in [-0.25, -0.2) is 0 Å². The Morgan fingerprint density at radius 3 is 1.94 bits per heavy atom. The van der Waals surface area contributed by atoms with Crippen molar-refractivity contribution in [2.45, 2.75) is 0 Å². The summed E-state index contributed by atoms with van der Waals surface area (Å²) in [6.45, 7) is 4.43.